The summed E-state index contributed by atoms with van der Waals surface area (Å²) < 4.78 is 5.42. The summed E-state index contributed by atoms with van der Waals surface area (Å²) in [5.74, 6) is 0.822. The van der Waals surface area contributed by atoms with E-state index >= 15 is 0 Å². The summed E-state index contributed by atoms with van der Waals surface area (Å²) in [7, 11) is 4.19. The maximum Gasteiger partial charge on any atom is 0.228 e. The summed E-state index contributed by atoms with van der Waals surface area (Å²) in [5.41, 5.74) is 1.66. The lowest BCUT2D eigenvalue weighted by Gasteiger charge is -2.44. The van der Waals surface area contributed by atoms with Gasteiger partial charge >= 0.3 is 0 Å². The second-order valence-electron chi connectivity index (χ2n) is 7.76. The molecule has 27 heavy (non-hydrogen) atoms. The van der Waals surface area contributed by atoms with Gasteiger partial charge in [-0.2, -0.15) is 0 Å². The van der Waals surface area contributed by atoms with Crippen molar-refractivity contribution in [1.29, 1.82) is 0 Å². The number of hydrogen-bond acceptors (Lipinski definition) is 5. The van der Waals surface area contributed by atoms with Crippen molar-refractivity contribution in [3.63, 3.8) is 0 Å². The molecule has 1 saturated heterocycles. The Morgan fingerprint density at radius 1 is 1.19 bits per heavy atom. The number of hydrogen-bond donors (Lipinski definition) is 0. The number of nitrogens with zero attached hydrogens (tertiary/aromatic N) is 4. The average molecular weight is 370 g/mol. The third kappa shape index (κ3) is 4.96. The molecule has 1 aromatic carbocycles. The van der Waals surface area contributed by atoms with Gasteiger partial charge in [0.1, 0.15) is 0 Å². The van der Waals surface area contributed by atoms with Crippen LogP contribution in [0.25, 0.3) is 11.3 Å². The van der Waals surface area contributed by atoms with Crippen molar-refractivity contribution in [3.8, 4) is 11.3 Å². The molecule has 1 amide bonds. The molecule has 3 rings (SSSR count). The summed E-state index contributed by atoms with van der Waals surface area (Å²) in [4.78, 5) is 19.5. The Bertz CT molecular complexity index is 732. The van der Waals surface area contributed by atoms with Gasteiger partial charge in [0.25, 0.3) is 0 Å². The van der Waals surface area contributed by atoms with Gasteiger partial charge in [0.05, 0.1) is 12.1 Å². The molecule has 6 heteroatoms. The summed E-state index contributed by atoms with van der Waals surface area (Å²) in [6.07, 6.45) is 0.285. The van der Waals surface area contributed by atoms with E-state index in [1.54, 1.807) is 0 Å². The molecule has 1 aromatic heterocycles. The molecule has 1 aliphatic heterocycles. The number of piperazine rings is 1. The third-order valence-corrected chi connectivity index (χ3v) is 5.21. The van der Waals surface area contributed by atoms with Crippen LogP contribution in [0, 0.1) is 0 Å². The Morgan fingerprint density at radius 2 is 1.85 bits per heavy atom. The van der Waals surface area contributed by atoms with Crippen LogP contribution in [-0.4, -0.2) is 78.1 Å². The van der Waals surface area contributed by atoms with Crippen molar-refractivity contribution < 1.29 is 9.32 Å². The van der Waals surface area contributed by atoms with Gasteiger partial charge in [0.2, 0.25) is 5.91 Å². The van der Waals surface area contributed by atoms with Crippen LogP contribution in [0.3, 0.4) is 0 Å². The van der Waals surface area contributed by atoms with Gasteiger partial charge in [-0.05, 0) is 27.9 Å². The highest BCUT2D eigenvalue weighted by Crippen LogP contribution is 2.21. The molecular formula is C21H30N4O2. The number of likely N-dealkylation sites (N-methyl/N-ethyl adjacent to an activating group) is 1. The van der Waals surface area contributed by atoms with Crippen molar-refractivity contribution in [3.05, 3.63) is 42.1 Å². The highest BCUT2D eigenvalue weighted by Gasteiger charge is 2.31. The Kier molecular flexibility index (Phi) is 6.29. The Labute approximate surface area is 161 Å². The molecule has 0 saturated carbocycles. The first-order valence-corrected chi connectivity index (χ1v) is 9.63. The normalized spacial score (nSPS) is 21.0. The Balaban J connectivity index is 1.58. The molecular weight excluding hydrogens is 340 g/mol. The zero-order chi connectivity index (χ0) is 19.4. The maximum atomic E-state index is 12.8. The minimum atomic E-state index is 0.119. The summed E-state index contributed by atoms with van der Waals surface area (Å²) >= 11 is 0. The maximum absolute atomic E-state index is 12.8. The van der Waals surface area contributed by atoms with E-state index in [0.29, 0.717) is 23.5 Å². The number of aromatic nitrogens is 1. The second kappa shape index (κ2) is 8.67. The highest BCUT2D eigenvalue weighted by atomic mass is 16.5. The molecule has 0 spiro atoms. The van der Waals surface area contributed by atoms with E-state index in [1.165, 1.54) is 0 Å². The highest BCUT2D eigenvalue weighted by molar-refractivity contribution is 5.79. The quantitative estimate of drug-likeness (QED) is 0.781. The first-order chi connectivity index (χ1) is 12.9. The molecule has 0 N–H and O–H groups in total. The zero-order valence-electron chi connectivity index (χ0n) is 16.8. The fraction of sp³-hybridized carbons (Fsp3) is 0.524. The van der Waals surface area contributed by atoms with E-state index in [2.05, 4.69) is 42.9 Å². The van der Waals surface area contributed by atoms with Crippen LogP contribution in [0.15, 0.2) is 40.9 Å². The first-order valence-electron chi connectivity index (χ1n) is 9.63. The minimum absolute atomic E-state index is 0.119. The standard InChI is InChI=1S/C21H30N4O2/c1-16-14-24(15-17(2)25(16)11-10-23(3)4)21(26)13-19-12-20(27-22-19)18-8-6-5-7-9-18/h5-9,12,16-17H,10-11,13-15H2,1-4H3. The summed E-state index contributed by atoms with van der Waals surface area (Å²) in [5, 5.41) is 4.09. The number of carbonyl (C=O) groups excluding carboxylic acids is 1. The first kappa shape index (κ1) is 19.6. The molecule has 2 heterocycles. The smallest absolute Gasteiger partial charge is 0.228 e. The summed E-state index contributed by atoms with van der Waals surface area (Å²) in [6, 6.07) is 12.4. The number of carbonyl (C=O) groups is 1. The molecule has 2 aromatic rings. The van der Waals surface area contributed by atoms with E-state index in [-0.39, 0.29) is 12.3 Å². The van der Waals surface area contributed by atoms with Crippen LogP contribution in [0.1, 0.15) is 19.5 Å². The van der Waals surface area contributed by atoms with Crippen LogP contribution in [0.2, 0.25) is 0 Å². The van der Waals surface area contributed by atoms with Crippen molar-refractivity contribution in [2.75, 3.05) is 40.3 Å². The van der Waals surface area contributed by atoms with Crippen LogP contribution < -0.4 is 0 Å². The lowest BCUT2D eigenvalue weighted by Crippen LogP contribution is -2.59. The molecule has 0 aliphatic carbocycles. The fourth-order valence-corrected chi connectivity index (χ4v) is 3.72. The zero-order valence-corrected chi connectivity index (χ0v) is 16.8. The van der Waals surface area contributed by atoms with Crippen molar-refractivity contribution in [2.45, 2.75) is 32.4 Å². The monoisotopic (exact) mass is 370 g/mol. The average Bonchev–Trinajstić information content (AvgIpc) is 3.10. The minimum Gasteiger partial charge on any atom is -0.356 e. The molecule has 1 aliphatic rings. The van der Waals surface area contributed by atoms with Gasteiger partial charge in [-0.15, -0.1) is 0 Å². The van der Waals surface area contributed by atoms with Crippen LogP contribution in [-0.2, 0) is 11.2 Å². The molecule has 146 valence electrons. The largest absolute Gasteiger partial charge is 0.356 e. The molecule has 0 bridgehead atoms. The Hall–Kier alpha value is -2.18. The van der Waals surface area contributed by atoms with E-state index in [4.69, 9.17) is 4.52 Å². The van der Waals surface area contributed by atoms with E-state index in [9.17, 15) is 4.79 Å². The number of benzene rings is 1. The van der Waals surface area contributed by atoms with Gasteiger partial charge in [-0.3, -0.25) is 9.69 Å². The topological polar surface area (TPSA) is 52.8 Å². The molecule has 2 unspecified atom stereocenters. The van der Waals surface area contributed by atoms with Gasteiger partial charge in [0, 0.05) is 49.9 Å². The van der Waals surface area contributed by atoms with Gasteiger partial charge in [-0.25, -0.2) is 0 Å². The Morgan fingerprint density at radius 3 is 2.48 bits per heavy atom. The van der Waals surface area contributed by atoms with Crippen LogP contribution in [0.4, 0.5) is 0 Å². The van der Waals surface area contributed by atoms with Crippen LogP contribution in [0.5, 0.6) is 0 Å². The lowest BCUT2D eigenvalue weighted by atomic mass is 10.1. The summed E-state index contributed by atoms with van der Waals surface area (Å²) in [6.45, 7) is 8.00. The second-order valence-corrected chi connectivity index (χ2v) is 7.76. The molecule has 0 radical (unpaired) electrons. The van der Waals surface area contributed by atoms with Gasteiger partial charge in [0.15, 0.2) is 5.76 Å². The predicted molar refractivity (Wildman–Crippen MR) is 106 cm³/mol. The lowest BCUT2D eigenvalue weighted by molar-refractivity contribution is -0.135. The van der Waals surface area contributed by atoms with E-state index in [1.807, 2.05) is 41.3 Å². The van der Waals surface area contributed by atoms with Crippen molar-refractivity contribution in [1.82, 2.24) is 19.9 Å². The molecule has 2 atom stereocenters. The SMILES string of the molecule is CC1CN(C(=O)Cc2cc(-c3ccccc3)on2)CC(C)N1CCN(C)C. The van der Waals surface area contributed by atoms with Gasteiger partial charge in [-0.1, -0.05) is 35.5 Å². The van der Waals surface area contributed by atoms with E-state index in [0.717, 1.165) is 31.7 Å². The fourth-order valence-electron chi connectivity index (χ4n) is 3.72. The van der Waals surface area contributed by atoms with Crippen molar-refractivity contribution in [2.24, 2.45) is 0 Å². The third-order valence-electron chi connectivity index (χ3n) is 5.21. The molecule has 6 nitrogen and oxygen atoms in total. The van der Waals surface area contributed by atoms with Crippen molar-refractivity contribution >= 4 is 5.91 Å². The molecule has 1 fully saturated rings. The predicted octanol–water partition coefficient (Wildman–Crippen LogP) is 2.37. The van der Waals surface area contributed by atoms with Crippen LogP contribution >= 0.6 is 0 Å². The number of rotatable bonds is 6. The van der Waals surface area contributed by atoms with E-state index < -0.39 is 0 Å². The van der Waals surface area contributed by atoms with Gasteiger partial charge < -0.3 is 14.3 Å². The number of amides is 1.